The Balaban J connectivity index is 0.00000408. The number of anilines is 1. The van der Waals surface area contributed by atoms with Crippen LogP contribution in [0.2, 0.25) is 0 Å². The lowest BCUT2D eigenvalue weighted by molar-refractivity contribution is 0.0985. The first-order chi connectivity index (χ1) is 16.0. The van der Waals surface area contributed by atoms with Crippen LogP contribution in [0.15, 0.2) is 47.8 Å². The summed E-state index contributed by atoms with van der Waals surface area (Å²) in [6, 6.07) is 13.3. The van der Waals surface area contributed by atoms with E-state index in [2.05, 4.69) is 18.7 Å². The minimum atomic E-state index is -0.0342. The van der Waals surface area contributed by atoms with Gasteiger partial charge in [0.15, 0.2) is 5.13 Å². The fourth-order valence-electron chi connectivity index (χ4n) is 3.65. The minimum absolute atomic E-state index is 0. The van der Waals surface area contributed by atoms with Crippen molar-refractivity contribution < 1.29 is 14.3 Å². The van der Waals surface area contributed by atoms with Crippen molar-refractivity contribution in [1.29, 1.82) is 0 Å². The van der Waals surface area contributed by atoms with E-state index in [1.54, 1.807) is 19.1 Å². The fourth-order valence-corrected chi connectivity index (χ4v) is 4.50. The topological polar surface area (TPSA) is 54.9 Å². The minimum Gasteiger partial charge on any atom is -0.497 e. The largest absolute Gasteiger partial charge is 0.497 e. The third kappa shape index (κ3) is 6.72. The Morgan fingerprint density at radius 2 is 1.71 bits per heavy atom. The van der Waals surface area contributed by atoms with E-state index in [0.717, 1.165) is 48.6 Å². The smallest absolute Gasteiger partial charge is 0.260 e. The Labute approximate surface area is 212 Å². The van der Waals surface area contributed by atoms with Gasteiger partial charge in [0.2, 0.25) is 0 Å². The molecule has 0 aliphatic rings. The Morgan fingerprint density at radius 1 is 1.00 bits per heavy atom. The van der Waals surface area contributed by atoms with Crippen LogP contribution in [-0.2, 0) is 0 Å². The predicted molar refractivity (Wildman–Crippen MR) is 143 cm³/mol. The molecule has 1 heterocycles. The summed E-state index contributed by atoms with van der Waals surface area (Å²) >= 11 is 1.47. The van der Waals surface area contributed by atoms with Crippen LogP contribution in [0.25, 0.3) is 11.3 Å². The van der Waals surface area contributed by atoms with Gasteiger partial charge in [-0.1, -0.05) is 31.5 Å². The fraction of sp³-hybridized carbons (Fsp3) is 0.385. The van der Waals surface area contributed by atoms with Gasteiger partial charge in [0.05, 0.1) is 19.9 Å². The molecule has 8 heteroatoms. The SMILES string of the molecule is CCN(CC)CCCN(C(=O)c1ccc(C)cc1)c1nc(-c2cc(OC)ccc2OC)cs1.Cl. The molecule has 1 aromatic heterocycles. The van der Waals surface area contributed by atoms with Gasteiger partial charge in [0, 0.05) is 23.1 Å². The second-order valence-corrected chi connectivity index (χ2v) is 8.62. The number of hydrogen-bond acceptors (Lipinski definition) is 6. The van der Waals surface area contributed by atoms with Gasteiger partial charge in [-0.05, 0) is 63.3 Å². The number of methoxy groups -OCH3 is 2. The normalized spacial score (nSPS) is 10.6. The molecule has 0 aliphatic heterocycles. The van der Waals surface area contributed by atoms with E-state index < -0.39 is 0 Å². The summed E-state index contributed by atoms with van der Waals surface area (Å²) in [4.78, 5) is 22.5. The number of rotatable bonds is 11. The van der Waals surface area contributed by atoms with Crippen LogP contribution in [0.3, 0.4) is 0 Å². The Hall–Kier alpha value is -2.61. The highest BCUT2D eigenvalue weighted by Gasteiger charge is 2.22. The average Bonchev–Trinajstić information content (AvgIpc) is 3.33. The number of aryl methyl sites for hydroxylation is 1. The van der Waals surface area contributed by atoms with Gasteiger partial charge in [-0.25, -0.2) is 4.98 Å². The molecule has 0 bridgehead atoms. The van der Waals surface area contributed by atoms with Gasteiger partial charge in [-0.3, -0.25) is 9.69 Å². The molecule has 0 saturated heterocycles. The van der Waals surface area contributed by atoms with Gasteiger partial charge >= 0.3 is 0 Å². The summed E-state index contributed by atoms with van der Waals surface area (Å²) < 4.78 is 10.9. The summed E-state index contributed by atoms with van der Waals surface area (Å²) in [7, 11) is 3.27. The number of benzene rings is 2. The van der Waals surface area contributed by atoms with E-state index in [9.17, 15) is 4.79 Å². The molecule has 0 unspecified atom stereocenters. The van der Waals surface area contributed by atoms with Gasteiger partial charge in [-0.15, -0.1) is 23.7 Å². The van der Waals surface area contributed by atoms with Crippen molar-refractivity contribution >= 4 is 34.8 Å². The first-order valence-corrected chi connectivity index (χ1v) is 12.2. The first-order valence-electron chi connectivity index (χ1n) is 11.3. The predicted octanol–water partition coefficient (Wildman–Crippen LogP) is 5.94. The van der Waals surface area contributed by atoms with Crippen molar-refractivity contribution in [3.8, 4) is 22.8 Å². The second kappa shape index (κ2) is 13.3. The highest BCUT2D eigenvalue weighted by atomic mass is 35.5. The third-order valence-corrected chi connectivity index (χ3v) is 6.56. The van der Waals surface area contributed by atoms with Crippen LogP contribution in [-0.4, -0.2) is 56.2 Å². The summed E-state index contributed by atoms with van der Waals surface area (Å²) in [5.74, 6) is 1.41. The van der Waals surface area contributed by atoms with Gasteiger partial charge in [0.1, 0.15) is 11.5 Å². The highest BCUT2D eigenvalue weighted by molar-refractivity contribution is 7.14. The van der Waals surface area contributed by atoms with Crippen LogP contribution >= 0.6 is 23.7 Å². The Kier molecular flexibility index (Phi) is 10.8. The monoisotopic (exact) mass is 503 g/mol. The van der Waals surface area contributed by atoms with Crippen molar-refractivity contribution in [2.75, 3.05) is 45.3 Å². The summed E-state index contributed by atoms with van der Waals surface area (Å²) in [5, 5.41) is 2.65. The van der Waals surface area contributed by atoms with Crippen LogP contribution in [0.5, 0.6) is 11.5 Å². The number of carbonyl (C=O) groups is 1. The number of aromatic nitrogens is 1. The van der Waals surface area contributed by atoms with Crippen LogP contribution in [0, 0.1) is 6.92 Å². The van der Waals surface area contributed by atoms with E-state index >= 15 is 0 Å². The molecule has 3 aromatic rings. The molecule has 3 rings (SSSR count). The number of nitrogens with zero attached hydrogens (tertiary/aromatic N) is 3. The Morgan fingerprint density at radius 3 is 2.32 bits per heavy atom. The molecule has 0 saturated carbocycles. The summed E-state index contributed by atoms with van der Waals surface area (Å²) in [6.07, 6.45) is 0.872. The molecular weight excluding hydrogens is 470 g/mol. The molecule has 6 nitrogen and oxygen atoms in total. The van der Waals surface area contributed by atoms with Crippen molar-refractivity contribution in [3.05, 3.63) is 59.0 Å². The molecule has 0 radical (unpaired) electrons. The molecule has 1 amide bonds. The maximum absolute atomic E-state index is 13.5. The summed E-state index contributed by atoms with van der Waals surface area (Å²) in [5.41, 5.74) is 3.39. The first kappa shape index (κ1) is 27.6. The van der Waals surface area contributed by atoms with Gasteiger partial charge in [0.25, 0.3) is 5.91 Å². The van der Waals surface area contributed by atoms with E-state index in [4.69, 9.17) is 14.5 Å². The van der Waals surface area contributed by atoms with E-state index in [-0.39, 0.29) is 18.3 Å². The zero-order valence-corrected chi connectivity index (χ0v) is 22.2. The lowest BCUT2D eigenvalue weighted by atomic mass is 10.1. The molecule has 0 aliphatic carbocycles. The number of carbonyl (C=O) groups excluding carboxylic acids is 1. The maximum Gasteiger partial charge on any atom is 0.260 e. The molecule has 184 valence electrons. The summed E-state index contributed by atoms with van der Waals surface area (Å²) in [6.45, 7) is 9.88. The number of amides is 1. The highest BCUT2D eigenvalue weighted by Crippen LogP contribution is 2.36. The Bertz CT molecular complexity index is 1050. The number of thiazole rings is 1. The van der Waals surface area contributed by atoms with Crippen LogP contribution in [0.1, 0.15) is 36.2 Å². The van der Waals surface area contributed by atoms with E-state index in [1.807, 2.05) is 54.8 Å². The number of ether oxygens (including phenoxy) is 2. The molecule has 0 spiro atoms. The van der Waals surface area contributed by atoms with E-state index in [0.29, 0.717) is 23.0 Å². The third-order valence-electron chi connectivity index (χ3n) is 5.70. The van der Waals surface area contributed by atoms with Crippen molar-refractivity contribution in [2.45, 2.75) is 27.2 Å². The lowest BCUT2D eigenvalue weighted by Crippen LogP contribution is -2.34. The standard InChI is InChI=1S/C26H33N3O3S.ClH/c1-6-28(7-2)15-8-16-29(25(30)20-11-9-19(3)10-12-20)26-27-23(18-33-26)22-17-21(31-4)13-14-24(22)32-5;/h9-14,17-18H,6-8,15-16H2,1-5H3;1H. The lowest BCUT2D eigenvalue weighted by Gasteiger charge is -2.23. The number of halogens is 1. The molecule has 0 N–H and O–H groups in total. The molecule has 2 aromatic carbocycles. The van der Waals surface area contributed by atoms with Crippen molar-refractivity contribution in [3.63, 3.8) is 0 Å². The average molecular weight is 504 g/mol. The van der Waals surface area contributed by atoms with Crippen molar-refractivity contribution in [1.82, 2.24) is 9.88 Å². The zero-order valence-electron chi connectivity index (χ0n) is 20.5. The molecular formula is C26H34ClN3O3S. The van der Waals surface area contributed by atoms with Crippen molar-refractivity contribution in [2.24, 2.45) is 0 Å². The van der Waals surface area contributed by atoms with Crippen LogP contribution < -0.4 is 14.4 Å². The molecule has 0 atom stereocenters. The van der Waals surface area contributed by atoms with Gasteiger partial charge < -0.3 is 14.4 Å². The maximum atomic E-state index is 13.5. The zero-order chi connectivity index (χ0) is 23.8. The van der Waals surface area contributed by atoms with Gasteiger partial charge in [-0.2, -0.15) is 0 Å². The molecule has 0 fully saturated rings. The molecule has 34 heavy (non-hydrogen) atoms. The second-order valence-electron chi connectivity index (χ2n) is 7.78. The number of hydrogen-bond donors (Lipinski definition) is 0. The quantitative estimate of drug-likeness (QED) is 0.324. The van der Waals surface area contributed by atoms with Crippen LogP contribution in [0.4, 0.5) is 5.13 Å². The van der Waals surface area contributed by atoms with E-state index in [1.165, 1.54) is 11.3 Å².